The largest absolute Gasteiger partial charge is 0.491 e. The van der Waals surface area contributed by atoms with Gasteiger partial charge in [-0.2, -0.15) is 0 Å². The average Bonchev–Trinajstić information content (AvgIpc) is 3.26. The third-order valence-corrected chi connectivity index (χ3v) is 9.49. The number of unbranched alkanes of at least 4 members (excludes halogenated alkanes) is 1. The van der Waals surface area contributed by atoms with Crippen LogP contribution in [0.4, 0.5) is 4.39 Å². The molecule has 1 aliphatic rings. The van der Waals surface area contributed by atoms with Crippen LogP contribution >= 0.6 is 0 Å². The first kappa shape index (κ1) is 51.8. The molecule has 0 aliphatic heterocycles. The van der Waals surface area contributed by atoms with E-state index in [1.54, 1.807) is 19.1 Å². The van der Waals surface area contributed by atoms with Gasteiger partial charge in [-0.05, 0) is 118 Å². The number of hydrogen-bond acceptors (Lipinski definition) is 5. The number of ether oxygens (including phenoxy) is 3. The molecule has 0 radical (unpaired) electrons. The summed E-state index contributed by atoms with van der Waals surface area (Å²) in [5.74, 6) is 0.808. The lowest BCUT2D eigenvalue weighted by Crippen LogP contribution is -2.10. The van der Waals surface area contributed by atoms with Crippen molar-refractivity contribution in [3.05, 3.63) is 162 Å². The van der Waals surface area contributed by atoms with Crippen LogP contribution in [0.1, 0.15) is 144 Å². The van der Waals surface area contributed by atoms with Crippen molar-refractivity contribution in [3.8, 4) is 5.75 Å². The van der Waals surface area contributed by atoms with Crippen LogP contribution in [0.2, 0.25) is 0 Å². The molecule has 1 atom stereocenters. The van der Waals surface area contributed by atoms with E-state index in [4.69, 9.17) is 14.2 Å². The highest BCUT2D eigenvalue weighted by molar-refractivity contribution is 5.91. The molecule has 0 saturated heterocycles. The third-order valence-electron chi connectivity index (χ3n) is 9.49. The number of carbonyl (C=O) groups excluding carboxylic acids is 2. The summed E-state index contributed by atoms with van der Waals surface area (Å²) in [7, 11) is 0. The molecule has 59 heavy (non-hydrogen) atoms. The van der Waals surface area contributed by atoms with E-state index >= 15 is 0 Å². The third kappa shape index (κ3) is 21.4. The minimum absolute atomic E-state index is 0.116. The monoisotopic (exact) mass is 807 g/mol. The Labute approximate surface area is 356 Å². The van der Waals surface area contributed by atoms with Gasteiger partial charge in [0.1, 0.15) is 17.3 Å². The molecule has 6 heteroatoms. The average molecular weight is 807 g/mol. The normalized spacial score (nSPS) is 15.2. The van der Waals surface area contributed by atoms with Gasteiger partial charge in [0.15, 0.2) is 5.83 Å². The van der Waals surface area contributed by atoms with E-state index in [1.165, 1.54) is 51.4 Å². The number of aryl methyl sites for hydroxylation is 1. The van der Waals surface area contributed by atoms with Gasteiger partial charge < -0.3 is 14.2 Å². The van der Waals surface area contributed by atoms with Crippen LogP contribution in [0.3, 0.4) is 0 Å². The van der Waals surface area contributed by atoms with E-state index in [1.807, 2.05) is 95.3 Å². The summed E-state index contributed by atoms with van der Waals surface area (Å²) in [4.78, 5) is 24.4. The summed E-state index contributed by atoms with van der Waals surface area (Å²) < 4.78 is 29.2. The van der Waals surface area contributed by atoms with Crippen LogP contribution in [0.15, 0.2) is 134 Å². The molecule has 1 aliphatic carbocycles. The van der Waals surface area contributed by atoms with Crippen molar-refractivity contribution in [1.29, 1.82) is 0 Å². The second-order valence-electron chi connectivity index (χ2n) is 14.1. The zero-order valence-corrected chi connectivity index (χ0v) is 37.2. The fourth-order valence-electron chi connectivity index (χ4n) is 6.17. The maximum Gasteiger partial charge on any atom is 0.343 e. The molecule has 0 aromatic heterocycles. The van der Waals surface area contributed by atoms with Crippen molar-refractivity contribution in [2.45, 2.75) is 113 Å². The van der Waals surface area contributed by atoms with Crippen LogP contribution in [0, 0.1) is 24.7 Å². The standard InChI is InChI=1S/C25H33FO3.C24H26O2.2C2H6/c1-6-11-19(3)12-9-8-10-13-22-14-16-23(17-15-22)25(27)29-20(4)18-24(26)21(5)28-7-2;1-3-19-6-8-20(9-7-19)10-11-21-12-14-22(15-13-21)24(25)26-23-16-4-18(2)5-17-23;2*1-2/h10,13-19H,4-9,11-12H2,1-3H3;3-5,10-17,19-20H,1,6-9H2,2H3;2*1-2H3/b13-10+,24-18+;11-10+;;. The lowest BCUT2D eigenvalue weighted by atomic mass is 9.82. The predicted octanol–water partition coefficient (Wildman–Crippen LogP) is 15.7. The van der Waals surface area contributed by atoms with Gasteiger partial charge in [-0.15, -0.1) is 6.58 Å². The zero-order chi connectivity index (χ0) is 44.0. The van der Waals surface area contributed by atoms with E-state index in [-0.39, 0.29) is 17.5 Å². The fraction of sp³-hybridized carbons (Fsp3) is 0.396. The van der Waals surface area contributed by atoms with Gasteiger partial charge in [0, 0.05) is 6.08 Å². The van der Waals surface area contributed by atoms with Crippen molar-refractivity contribution in [1.82, 2.24) is 0 Å². The van der Waals surface area contributed by atoms with E-state index in [0.717, 1.165) is 35.1 Å². The molecule has 320 valence electrons. The summed E-state index contributed by atoms with van der Waals surface area (Å²) in [6, 6.07) is 22.1. The number of carbonyl (C=O) groups is 2. The first-order chi connectivity index (χ1) is 28.5. The second-order valence-corrected chi connectivity index (χ2v) is 14.1. The number of benzene rings is 3. The van der Waals surface area contributed by atoms with E-state index < -0.39 is 11.8 Å². The van der Waals surface area contributed by atoms with Gasteiger partial charge in [0.2, 0.25) is 0 Å². The topological polar surface area (TPSA) is 61.8 Å². The molecule has 0 spiro atoms. The van der Waals surface area contributed by atoms with Gasteiger partial charge in [0.25, 0.3) is 0 Å². The molecule has 3 aromatic carbocycles. The highest BCUT2D eigenvalue weighted by atomic mass is 19.1. The number of esters is 2. The number of allylic oxidation sites excluding steroid dienone is 5. The lowest BCUT2D eigenvalue weighted by molar-refractivity contribution is 0.0636. The maximum absolute atomic E-state index is 13.8. The first-order valence-electron chi connectivity index (χ1n) is 21.6. The molecule has 3 aromatic rings. The highest BCUT2D eigenvalue weighted by Crippen LogP contribution is 2.30. The number of rotatable bonds is 18. The number of halogens is 1. The van der Waals surface area contributed by atoms with Gasteiger partial charge in [0.05, 0.1) is 17.7 Å². The van der Waals surface area contributed by atoms with Crippen LogP contribution in [-0.2, 0) is 9.47 Å². The lowest BCUT2D eigenvalue weighted by Gasteiger charge is -2.24. The summed E-state index contributed by atoms with van der Waals surface area (Å²) in [6.07, 6.45) is 22.7. The number of hydrogen-bond donors (Lipinski definition) is 0. The Bertz CT molecular complexity index is 1760. The van der Waals surface area contributed by atoms with E-state index in [9.17, 15) is 14.0 Å². The molecule has 0 N–H and O–H groups in total. The van der Waals surface area contributed by atoms with Crippen molar-refractivity contribution in [2.75, 3.05) is 6.61 Å². The Morgan fingerprint density at radius 3 is 1.86 bits per heavy atom. The highest BCUT2D eigenvalue weighted by Gasteiger charge is 2.17. The SMILES string of the molecule is C=C(/C=C(/F)C(=C)OCC)OC(=O)c1ccc(/C=C/CCCC(C)CCC)cc1.C=CC1CCC(/C=C/c2ccc(C(=O)Oc3ccc(C)cc3)cc2)CC1.CC.CC. The molecule has 4 rings (SSSR count). The van der Waals surface area contributed by atoms with Gasteiger partial charge in [-0.25, -0.2) is 14.0 Å². The van der Waals surface area contributed by atoms with Crippen LogP contribution < -0.4 is 4.74 Å². The Morgan fingerprint density at radius 1 is 0.780 bits per heavy atom. The summed E-state index contributed by atoms with van der Waals surface area (Å²) >= 11 is 0. The molecule has 1 unspecified atom stereocenters. The smallest absolute Gasteiger partial charge is 0.343 e. The Kier molecular flexibility index (Phi) is 27.0. The quantitative estimate of drug-likeness (QED) is 0.0320. The van der Waals surface area contributed by atoms with Crippen LogP contribution in [0.25, 0.3) is 12.2 Å². The van der Waals surface area contributed by atoms with Gasteiger partial charge >= 0.3 is 11.9 Å². The van der Waals surface area contributed by atoms with Crippen LogP contribution in [0.5, 0.6) is 5.75 Å². The molecule has 0 heterocycles. The molecule has 0 bridgehead atoms. The fourth-order valence-corrected chi connectivity index (χ4v) is 6.17. The zero-order valence-electron chi connectivity index (χ0n) is 37.2. The van der Waals surface area contributed by atoms with Crippen molar-refractivity contribution in [2.24, 2.45) is 17.8 Å². The second kappa shape index (κ2) is 30.8. The summed E-state index contributed by atoms with van der Waals surface area (Å²) in [6.45, 7) is 27.4. The van der Waals surface area contributed by atoms with Crippen molar-refractivity contribution < 1.29 is 28.2 Å². The molecule has 5 nitrogen and oxygen atoms in total. The minimum Gasteiger partial charge on any atom is -0.491 e. The van der Waals surface area contributed by atoms with Crippen molar-refractivity contribution >= 4 is 24.1 Å². The van der Waals surface area contributed by atoms with Crippen LogP contribution in [-0.4, -0.2) is 18.5 Å². The van der Waals surface area contributed by atoms with Gasteiger partial charge in [-0.3, -0.25) is 0 Å². The van der Waals surface area contributed by atoms with Crippen molar-refractivity contribution in [3.63, 3.8) is 0 Å². The Balaban J connectivity index is 0.000000546. The summed E-state index contributed by atoms with van der Waals surface area (Å²) in [5.41, 5.74) is 4.20. The molecular weight excluding hydrogens is 736 g/mol. The van der Waals surface area contributed by atoms with Gasteiger partial charge in [-0.1, -0.05) is 146 Å². The Morgan fingerprint density at radius 2 is 1.32 bits per heavy atom. The molecule has 1 fully saturated rings. The van der Waals surface area contributed by atoms with E-state index in [0.29, 0.717) is 35.3 Å². The predicted molar refractivity (Wildman–Crippen MR) is 248 cm³/mol. The molecule has 0 amide bonds. The minimum atomic E-state index is -0.728. The molecule has 1 saturated carbocycles. The Hall–Kier alpha value is -5.23. The summed E-state index contributed by atoms with van der Waals surface area (Å²) in [5, 5.41) is 0. The molecular formula is C53H71FO5. The first-order valence-corrected chi connectivity index (χ1v) is 21.6. The van der Waals surface area contributed by atoms with E-state index in [2.05, 4.69) is 64.0 Å². The maximum atomic E-state index is 13.8.